The van der Waals surface area contributed by atoms with Crippen molar-refractivity contribution in [3.8, 4) is 11.5 Å². The molecule has 150 valence electrons. The minimum Gasteiger partial charge on any atom is -0.494 e. The SMILES string of the molecule is CCOc1ccc(OCCNC(=O)COC(=O)c2cc([N+](=O)[O-])cn2C)cc1. The number of nitrogens with zero attached hydrogens (tertiary/aromatic N) is 2. The number of carbonyl (C=O) groups is 2. The lowest BCUT2D eigenvalue weighted by molar-refractivity contribution is -0.384. The highest BCUT2D eigenvalue weighted by atomic mass is 16.6. The molecule has 10 nitrogen and oxygen atoms in total. The van der Waals surface area contributed by atoms with Crippen LogP contribution in [-0.4, -0.2) is 47.7 Å². The number of ether oxygens (including phenoxy) is 3. The van der Waals surface area contributed by atoms with Gasteiger partial charge in [-0.1, -0.05) is 0 Å². The number of aryl methyl sites for hydroxylation is 1. The highest BCUT2D eigenvalue weighted by Gasteiger charge is 2.19. The fourth-order valence-corrected chi connectivity index (χ4v) is 2.26. The maximum Gasteiger partial charge on any atom is 0.355 e. The third kappa shape index (κ3) is 6.01. The molecule has 0 aliphatic rings. The third-order valence-electron chi connectivity index (χ3n) is 3.57. The Bertz CT molecular complexity index is 830. The summed E-state index contributed by atoms with van der Waals surface area (Å²) >= 11 is 0. The Morgan fingerprint density at radius 3 is 2.39 bits per heavy atom. The number of carbonyl (C=O) groups excluding carboxylic acids is 2. The number of rotatable bonds is 10. The summed E-state index contributed by atoms with van der Waals surface area (Å²) in [6, 6.07) is 8.17. The second kappa shape index (κ2) is 9.95. The fourth-order valence-electron chi connectivity index (χ4n) is 2.26. The van der Waals surface area contributed by atoms with Crippen molar-refractivity contribution in [3.63, 3.8) is 0 Å². The Morgan fingerprint density at radius 2 is 1.82 bits per heavy atom. The summed E-state index contributed by atoms with van der Waals surface area (Å²) in [5.41, 5.74) is -0.247. The van der Waals surface area contributed by atoms with Crippen molar-refractivity contribution in [2.75, 3.05) is 26.4 Å². The summed E-state index contributed by atoms with van der Waals surface area (Å²) in [5, 5.41) is 13.3. The second-order valence-electron chi connectivity index (χ2n) is 5.63. The van der Waals surface area contributed by atoms with E-state index < -0.39 is 23.4 Å². The molecule has 0 saturated carbocycles. The van der Waals surface area contributed by atoms with Crippen LogP contribution in [0.5, 0.6) is 11.5 Å². The van der Waals surface area contributed by atoms with E-state index in [0.717, 1.165) is 11.8 Å². The number of aromatic nitrogens is 1. The van der Waals surface area contributed by atoms with Crippen LogP contribution >= 0.6 is 0 Å². The van der Waals surface area contributed by atoms with Crippen molar-refractivity contribution >= 4 is 17.6 Å². The first-order chi connectivity index (χ1) is 13.4. The van der Waals surface area contributed by atoms with Gasteiger partial charge in [0.2, 0.25) is 0 Å². The van der Waals surface area contributed by atoms with E-state index in [1.54, 1.807) is 24.3 Å². The lowest BCUT2D eigenvalue weighted by atomic mass is 10.3. The van der Waals surface area contributed by atoms with E-state index in [9.17, 15) is 19.7 Å². The summed E-state index contributed by atoms with van der Waals surface area (Å²) < 4.78 is 16.9. The first-order valence-electron chi connectivity index (χ1n) is 8.51. The molecule has 0 fully saturated rings. The molecule has 1 N–H and O–H groups in total. The van der Waals surface area contributed by atoms with Gasteiger partial charge in [0.25, 0.3) is 11.6 Å². The standard InChI is InChI=1S/C18H21N3O7/c1-3-26-14-4-6-15(7-5-14)27-9-8-19-17(22)12-28-18(23)16-10-13(21(24)25)11-20(16)2/h4-7,10-11H,3,8-9,12H2,1-2H3,(H,19,22). The van der Waals surface area contributed by atoms with Crippen LogP contribution in [0.4, 0.5) is 5.69 Å². The van der Waals surface area contributed by atoms with Gasteiger partial charge >= 0.3 is 5.97 Å². The Balaban J connectivity index is 1.68. The molecule has 1 amide bonds. The van der Waals surface area contributed by atoms with E-state index >= 15 is 0 Å². The molecule has 1 aromatic carbocycles. The van der Waals surface area contributed by atoms with E-state index in [-0.39, 0.29) is 24.5 Å². The van der Waals surface area contributed by atoms with Crippen LogP contribution in [0.3, 0.4) is 0 Å². The lowest BCUT2D eigenvalue weighted by Gasteiger charge is -2.09. The minimum absolute atomic E-state index is 0.0154. The number of benzene rings is 1. The molecule has 0 bridgehead atoms. The second-order valence-corrected chi connectivity index (χ2v) is 5.63. The zero-order chi connectivity index (χ0) is 20.5. The van der Waals surface area contributed by atoms with Crippen molar-refractivity contribution in [2.24, 2.45) is 7.05 Å². The Morgan fingerprint density at radius 1 is 1.18 bits per heavy atom. The first-order valence-corrected chi connectivity index (χ1v) is 8.51. The lowest BCUT2D eigenvalue weighted by Crippen LogP contribution is -2.32. The predicted octanol–water partition coefficient (Wildman–Crippen LogP) is 1.68. The third-order valence-corrected chi connectivity index (χ3v) is 3.57. The van der Waals surface area contributed by atoms with Crippen LogP contribution in [0, 0.1) is 10.1 Å². The quantitative estimate of drug-likeness (QED) is 0.283. The van der Waals surface area contributed by atoms with Gasteiger partial charge in [0.05, 0.1) is 24.3 Å². The maximum atomic E-state index is 11.9. The number of hydrogen-bond acceptors (Lipinski definition) is 7. The van der Waals surface area contributed by atoms with Crippen LogP contribution in [0.25, 0.3) is 0 Å². The molecule has 0 aliphatic carbocycles. The van der Waals surface area contributed by atoms with Crippen LogP contribution in [0.2, 0.25) is 0 Å². The molecule has 0 spiro atoms. The van der Waals surface area contributed by atoms with E-state index in [0.29, 0.717) is 12.4 Å². The smallest absolute Gasteiger partial charge is 0.355 e. The van der Waals surface area contributed by atoms with Gasteiger partial charge in [-0.15, -0.1) is 0 Å². The molecular formula is C18H21N3O7. The van der Waals surface area contributed by atoms with Gasteiger partial charge < -0.3 is 24.1 Å². The normalized spacial score (nSPS) is 10.2. The van der Waals surface area contributed by atoms with Gasteiger partial charge in [0.1, 0.15) is 23.8 Å². The van der Waals surface area contributed by atoms with Crippen molar-refractivity contribution in [2.45, 2.75) is 6.92 Å². The van der Waals surface area contributed by atoms with Gasteiger partial charge in [-0.3, -0.25) is 14.9 Å². The maximum absolute atomic E-state index is 11.9. The van der Waals surface area contributed by atoms with Gasteiger partial charge in [-0.25, -0.2) is 4.79 Å². The van der Waals surface area contributed by atoms with Gasteiger partial charge in [-0.2, -0.15) is 0 Å². The molecule has 0 atom stereocenters. The van der Waals surface area contributed by atoms with E-state index in [1.165, 1.54) is 17.8 Å². The molecule has 1 aromatic heterocycles. The van der Waals surface area contributed by atoms with E-state index in [2.05, 4.69) is 5.32 Å². The van der Waals surface area contributed by atoms with Gasteiger partial charge in [-0.05, 0) is 31.2 Å². The van der Waals surface area contributed by atoms with E-state index in [1.807, 2.05) is 6.92 Å². The summed E-state index contributed by atoms with van der Waals surface area (Å²) in [5.74, 6) is 0.0479. The summed E-state index contributed by atoms with van der Waals surface area (Å²) in [7, 11) is 1.47. The highest BCUT2D eigenvalue weighted by molar-refractivity contribution is 5.90. The Hall–Kier alpha value is -3.56. The molecule has 0 radical (unpaired) electrons. The monoisotopic (exact) mass is 391 g/mol. The highest BCUT2D eigenvalue weighted by Crippen LogP contribution is 2.17. The van der Waals surface area contributed by atoms with Gasteiger partial charge in [0, 0.05) is 13.1 Å². The number of esters is 1. The molecule has 1 heterocycles. The Kier molecular flexibility index (Phi) is 7.37. The molecule has 28 heavy (non-hydrogen) atoms. The first kappa shape index (κ1) is 20.7. The summed E-state index contributed by atoms with van der Waals surface area (Å²) in [6.07, 6.45) is 1.19. The number of nitrogens with one attached hydrogen (secondary N) is 1. The minimum atomic E-state index is -0.823. The number of amides is 1. The number of hydrogen-bond donors (Lipinski definition) is 1. The molecule has 10 heteroatoms. The topological polar surface area (TPSA) is 122 Å². The zero-order valence-corrected chi connectivity index (χ0v) is 15.5. The van der Waals surface area contributed by atoms with E-state index in [4.69, 9.17) is 14.2 Å². The van der Waals surface area contributed by atoms with Gasteiger partial charge in [0.15, 0.2) is 6.61 Å². The predicted molar refractivity (Wildman–Crippen MR) is 98.5 cm³/mol. The van der Waals surface area contributed by atoms with Crippen molar-refractivity contribution in [1.29, 1.82) is 0 Å². The van der Waals surface area contributed by atoms with Crippen LogP contribution in [0.15, 0.2) is 36.5 Å². The molecule has 2 rings (SSSR count). The fraction of sp³-hybridized carbons (Fsp3) is 0.333. The average Bonchev–Trinajstić information content (AvgIpc) is 3.07. The summed E-state index contributed by atoms with van der Waals surface area (Å²) in [4.78, 5) is 33.7. The summed E-state index contributed by atoms with van der Waals surface area (Å²) in [6.45, 7) is 2.43. The van der Waals surface area contributed by atoms with Crippen LogP contribution in [0.1, 0.15) is 17.4 Å². The Labute approximate surface area is 161 Å². The largest absolute Gasteiger partial charge is 0.494 e. The molecule has 0 unspecified atom stereocenters. The van der Waals surface area contributed by atoms with Crippen molar-refractivity contribution in [1.82, 2.24) is 9.88 Å². The zero-order valence-electron chi connectivity index (χ0n) is 15.5. The van der Waals surface area contributed by atoms with Crippen LogP contribution < -0.4 is 14.8 Å². The van der Waals surface area contributed by atoms with Crippen molar-refractivity contribution in [3.05, 3.63) is 52.3 Å². The number of nitro groups is 1. The average molecular weight is 391 g/mol. The molecular weight excluding hydrogens is 370 g/mol. The van der Waals surface area contributed by atoms with Crippen LogP contribution in [-0.2, 0) is 16.6 Å². The molecule has 2 aromatic rings. The molecule has 0 saturated heterocycles. The molecule has 0 aliphatic heterocycles. The van der Waals surface area contributed by atoms with Crippen molar-refractivity contribution < 1.29 is 28.7 Å².